The second-order valence-corrected chi connectivity index (χ2v) is 8.46. The molecule has 1 heterocycles. The van der Waals surface area contributed by atoms with Crippen LogP contribution in [0.1, 0.15) is 19.8 Å². The molecule has 0 bridgehead atoms. The van der Waals surface area contributed by atoms with Gasteiger partial charge >= 0.3 is 0 Å². The van der Waals surface area contributed by atoms with Crippen LogP contribution in [0.4, 0.5) is 11.4 Å². The zero-order valence-corrected chi connectivity index (χ0v) is 16.6. The van der Waals surface area contributed by atoms with Crippen LogP contribution >= 0.6 is 0 Å². The number of sulfonamides is 1. The van der Waals surface area contributed by atoms with Gasteiger partial charge in [-0.15, -0.1) is 0 Å². The van der Waals surface area contributed by atoms with Crippen molar-refractivity contribution in [2.75, 3.05) is 35.1 Å². The van der Waals surface area contributed by atoms with Crippen LogP contribution < -0.4 is 19.1 Å². The van der Waals surface area contributed by atoms with E-state index in [2.05, 4.69) is 5.32 Å². The lowest BCUT2D eigenvalue weighted by molar-refractivity contribution is -0.118. The van der Waals surface area contributed by atoms with E-state index < -0.39 is 10.0 Å². The highest BCUT2D eigenvalue weighted by molar-refractivity contribution is 7.93. The van der Waals surface area contributed by atoms with Gasteiger partial charge in [-0.1, -0.05) is 6.92 Å². The fourth-order valence-corrected chi connectivity index (χ4v) is 4.40. The fourth-order valence-electron chi connectivity index (χ4n) is 2.84. The number of carbonyl (C=O) groups is 1. The van der Waals surface area contributed by atoms with Crippen molar-refractivity contribution in [3.8, 4) is 11.5 Å². The molecule has 8 heteroatoms. The van der Waals surface area contributed by atoms with Gasteiger partial charge in [-0.2, -0.15) is 0 Å². The molecule has 2 aromatic carbocycles. The van der Waals surface area contributed by atoms with Gasteiger partial charge in [0.05, 0.1) is 18.0 Å². The van der Waals surface area contributed by atoms with Gasteiger partial charge < -0.3 is 14.8 Å². The Bertz CT molecular complexity index is 895. The summed E-state index contributed by atoms with van der Waals surface area (Å²) >= 11 is 0. The number of nitrogens with zero attached hydrogens (tertiary/aromatic N) is 1. The van der Waals surface area contributed by atoms with Crippen molar-refractivity contribution in [2.45, 2.75) is 19.8 Å². The summed E-state index contributed by atoms with van der Waals surface area (Å²) in [7, 11) is -3.21. The maximum absolute atomic E-state index is 12.1. The number of nitrogens with one attached hydrogen (secondary N) is 1. The summed E-state index contributed by atoms with van der Waals surface area (Å²) in [5.74, 6) is 1.22. The van der Waals surface area contributed by atoms with Crippen LogP contribution in [0.5, 0.6) is 11.5 Å². The average molecular weight is 404 g/mol. The summed E-state index contributed by atoms with van der Waals surface area (Å²) in [6.07, 6.45) is 1.57. The van der Waals surface area contributed by atoms with Crippen molar-refractivity contribution in [3.63, 3.8) is 0 Å². The molecular formula is C20H24N2O5S. The minimum absolute atomic E-state index is 0.128. The van der Waals surface area contributed by atoms with Gasteiger partial charge in [-0.05, 0) is 61.4 Å². The minimum atomic E-state index is -3.21. The normalized spacial score (nSPS) is 15.2. The maximum Gasteiger partial charge on any atom is 0.262 e. The van der Waals surface area contributed by atoms with Crippen molar-refractivity contribution < 1.29 is 22.7 Å². The zero-order valence-electron chi connectivity index (χ0n) is 15.8. The van der Waals surface area contributed by atoms with Crippen molar-refractivity contribution in [3.05, 3.63) is 48.5 Å². The van der Waals surface area contributed by atoms with Gasteiger partial charge in [-0.3, -0.25) is 9.10 Å². The Morgan fingerprint density at radius 1 is 1.04 bits per heavy atom. The van der Waals surface area contributed by atoms with Crippen LogP contribution in [-0.4, -0.2) is 39.8 Å². The van der Waals surface area contributed by atoms with E-state index in [1.54, 1.807) is 48.5 Å². The summed E-state index contributed by atoms with van der Waals surface area (Å²) in [6.45, 7) is 3.06. The highest BCUT2D eigenvalue weighted by Crippen LogP contribution is 2.25. The number of amides is 1. The molecule has 7 nitrogen and oxygen atoms in total. The lowest BCUT2D eigenvalue weighted by Crippen LogP contribution is -2.25. The molecule has 28 heavy (non-hydrogen) atoms. The molecule has 3 rings (SSSR count). The Morgan fingerprint density at radius 2 is 1.68 bits per heavy atom. The third-order valence-corrected chi connectivity index (χ3v) is 6.07. The predicted molar refractivity (Wildman–Crippen MR) is 109 cm³/mol. The van der Waals surface area contributed by atoms with Crippen molar-refractivity contribution >= 4 is 27.3 Å². The molecule has 0 spiro atoms. The first-order chi connectivity index (χ1) is 13.5. The Kier molecular flexibility index (Phi) is 6.41. The number of ether oxygens (including phenoxy) is 2. The van der Waals surface area contributed by atoms with Crippen LogP contribution in [0.2, 0.25) is 0 Å². The summed E-state index contributed by atoms with van der Waals surface area (Å²) in [6, 6.07) is 13.8. The Morgan fingerprint density at radius 3 is 2.25 bits per heavy atom. The third kappa shape index (κ3) is 5.16. The SMILES string of the molecule is CCCOc1ccc(OCC(=O)Nc2ccc(N3CCCS3(=O)=O)cc2)cc1. The van der Waals surface area contributed by atoms with Gasteiger partial charge in [0, 0.05) is 12.2 Å². The molecule has 0 aromatic heterocycles. The van der Waals surface area contributed by atoms with E-state index in [-0.39, 0.29) is 18.3 Å². The first-order valence-corrected chi connectivity index (χ1v) is 10.8. The lowest BCUT2D eigenvalue weighted by Gasteiger charge is -2.17. The molecule has 0 saturated carbocycles. The molecule has 0 unspecified atom stereocenters. The molecule has 0 radical (unpaired) electrons. The number of hydrogen-bond acceptors (Lipinski definition) is 5. The smallest absolute Gasteiger partial charge is 0.262 e. The van der Waals surface area contributed by atoms with Crippen LogP contribution in [0.25, 0.3) is 0 Å². The van der Waals surface area contributed by atoms with E-state index in [1.807, 2.05) is 6.92 Å². The van der Waals surface area contributed by atoms with Gasteiger partial charge in [0.25, 0.3) is 5.91 Å². The van der Waals surface area contributed by atoms with Crippen molar-refractivity contribution in [2.24, 2.45) is 0 Å². The standard InChI is InChI=1S/C20H24N2O5S/c1-2-13-26-18-8-10-19(11-9-18)27-15-20(23)21-16-4-6-17(7-5-16)22-12-3-14-28(22,24)25/h4-11H,2-3,12-15H2,1H3,(H,21,23). The lowest BCUT2D eigenvalue weighted by atomic mass is 10.2. The highest BCUT2D eigenvalue weighted by Gasteiger charge is 2.28. The van der Waals surface area contributed by atoms with E-state index in [4.69, 9.17) is 9.47 Å². The second kappa shape index (κ2) is 8.97. The molecule has 0 aliphatic carbocycles. The molecule has 1 saturated heterocycles. The zero-order chi connectivity index (χ0) is 20.0. The third-order valence-electron chi connectivity index (χ3n) is 4.20. The number of anilines is 2. The van der Waals surface area contributed by atoms with E-state index >= 15 is 0 Å². The second-order valence-electron chi connectivity index (χ2n) is 6.45. The van der Waals surface area contributed by atoms with Gasteiger partial charge in [-0.25, -0.2) is 8.42 Å². The van der Waals surface area contributed by atoms with Gasteiger partial charge in [0.15, 0.2) is 6.61 Å². The van der Waals surface area contributed by atoms with Crippen molar-refractivity contribution in [1.82, 2.24) is 0 Å². The van der Waals surface area contributed by atoms with Crippen LogP contribution in [0.3, 0.4) is 0 Å². The Hall–Kier alpha value is -2.74. The van der Waals surface area contributed by atoms with E-state index in [9.17, 15) is 13.2 Å². The number of hydrogen-bond donors (Lipinski definition) is 1. The van der Waals surface area contributed by atoms with Crippen LogP contribution in [-0.2, 0) is 14.8 Å². The predicted octanol–water partition coefficient (Wildman–Crippen LogP) is 3.03. The quantitative estimate of drug-likeness (QED) is 0.731. The number of benzene rings is 2. The van der Waals surface area contributed by atoms with Gasteiger partial charge in [0.1, 0.15) is 11.5 Å². The van der Waals surface area contributed by atoms with E-state index in [0.29, 0.717) is 36.7 Å². The molecular weight excluding hydrogens is 380 g/mol. The average Bonchev–Trinajstić information content (AvgIpc) is 3.05. The maximum atomic E-state index is 12.1. The summed E-state index contributed by atoms with van der Waals surface area (Å²) in [5, 5.41) is 2.73. The Labute approximate surface area is 165 Å². The summed E-state index contributed by atoms with van der Waals surface area (Å²) in [4.78, 5) is 12.1. The van der Waals surface area contributed by atoms with Gasteiger partial charge in [0.2, 0.25) is 10.0 Å². The Balaban J connectivity index is 1.49. The van der Waals surface area contributed by atoms with Crippen LogP contribution in [0.15, 0.2) is 48.5 Å². The molecule has 1 aliphatic rings. The summed E-state index contributed by atoms with van der Waals surface area (Å²) in [5.41, 5.74) is 1.19. The first kappa shape index (κ1) is 20.0. The first-order valence-electron chi connectivity index (χ1n) is 9.24. The molecule has 1 amide bonds. The number of carbonyl (C=O) groups excluding carboxylic acids is 1. The van der Waals surface area contributed by atoms with Crippen LogP contribution in [0, 0.1) is 0 Å². The molecule has 1 N–H and O–H groups in total. The van der Waals surface area contributed by atoms with Crippen molar-refractivity contribution in [1.29, 1.82) is 0 Å². The molecule has 2 aromatic rings. The van der Waals surface area contributed by atoms with E-state index in [0.717, 1.165) is 12.2 Å². The largest absolute Gasteiger partial charge is 0.494 e. The number of rotatable bonds is 8. The summed E-state index contributed by atoms with van der Waals surface area (Å²) < 4.78 is 36.3. The monoisotopic (exact) mass is 404 g/mol. The minimum Gasteiger partial charge on any atom is -0.494 e. The molecule has 0 atom stereocenters. The fraction of sp³-hybridized carbons (Fsp3) is 0.350. The molecule has 1 aliphatic heterocycles. The van der Waals surface area contributed by atoms with E-state index in [1.165, 1.54) is 4.31 Å². The molecule has 150 valence electrons. The highest BCUT2D eigenvalue weighted by atomic mass is 32.2. The molecule has 1 fully saturated rings. The topological polar surface area (TPSA) is 84.9 Å².